The third kappa shape index (κ3) is 3.78. The molecule has 0 radical (unpaired) electrons. The Kier molecular flexibility index (Phi) is 4.49. The Morgan fingerprint density at radius 3 is 2.84 bits per heavy atom. The minimum Gasteiger partial charge on any atom is -0.372 e. The highest BCUT2D eigenvalue weighted by Gasteiger charge is 2.25. The van der Waals surface area contributed by atoms with Crippen LogP contribution in [-0.2, 0) is 11.3 Å². The summed E-state index contributed by atoms with van der Waals surface area (Å²) in [5, 5.41) is 3.37. The van der Waals surface area contributed by atoms with E-state index in [1.54, 1.807) is 0 Å². The number of likely N-dealkylation sites (tertiary alicyclic amines) is 1. The van der Waals surface area contributed by atoms with Gasteiger partial charge >= 0.3 is 0 Å². The molecule has 1 N–H and O–H groups in total. The first-order chi connectivity index (χ1) is 9.40. The summed E-state index contributed by atoms with van der Waals surface area (Å²) < 4.78 is 6.22. The third-order valence-corrected chi connectivity index (χ3v) is 4.11. The van der Waals surface area contributed by atoms with E-state index in [1.165, 1.54) is 31.4 Å². The van der Waals surface area contributed by atoms with Gasteiger partial charge < -0.3 is 10.1 Å². The average Bonchev–Trinajstić information content (AvgIpc) is 2.93. The summed E-state index contributed by atoms with van der Waals surface area (Å²) in [7, 11) is 0. The fraction of sp³-hybridized carbons (Fsp3) is 0.625. The fourth-order valence-electron chi connectivity index (χ4n) is 3.13. The molecule has 2 heterocycles. The van der Waals surface area contributed by atoms with Crippen molar-refractivity contribution in [3.05, 3.63) is 35.9 Å². The second-order valence-corrected chi connectivity index (χ2v) is 5.74. The van der Waals surface area contributed by atoms with Gasteiger partial charge in [-0.3, -0.25) is 4.90 Å². The van der Waals surface area contributed by atoms with Crippen LogP contribution in [0.2, 0.25) is 0 Å². The smallest absolute Gasteiger partial charge is 0.0715 e. The maximum Gasteiger partial charge on any atom is 0.0715 e. The maximum atomic E-state index is 6.22. The molecular formula is C16H24N2O. The van der Waals surface area contributed by atoms with E-state index >= 15 is 0 Å². The predicted octanol–water partition coefficient (Wildman–Crippen LogP) is 2.03. The SMILES string of the molecule is c1ccc(CN2CCCC(OC3CCNC3)C2)cc1. The van der Waals surface area contributed by atoms with Crippen molar-refractivity contribution in [2.75, 3.05) is 26.2 Å². The van der Waals surface area contributed by atoms with Gasteiger partial charge in [0.2, 0.25) is 0 Å². The van der Waals surface area contributed by atoms with Crippen molar-refractivity contribution in [2.24, 2.45) is 0 Å². The van der Waals surface area contributed by atoms with E-state index in [9.17, 15) is 0 Å². The lowest BCUT2D eigenvalue weighted by molar-refractivity contribution is -0.0411. The summed E-state index contributed by atoms with van der Waals surface area (Å²) in [6.45, 7) is 5.51. The number of piperidine rings is 1. The molecule has 19 heavy (non-hydrogen) atoms. The van der Waals surface area contributed by atoms with Crippen LogP contribution in [0.5, 0.6) is 0 Å². The zero-order valence-electron chi connectivity index (χ0n) is 11.6. The van der Waals surface area contributed by atoms with Crippen LogP contribution >= 0.6 is 0 Å². The lowest BCUT2D eigenvalue weighted by Crippen LogP contribution is -2.41. The zero-order chi connectivity index (χ0) is 12.9. The lowest BCUT2D eigenvalue weighted by atomic mass is 10.1. The topological polar surface area (TPSA) is 24.5 Å². The Balaban J connectivity index is 1.50. The maximum absolute atomic E-state index is 6.22. The second-order valence-electron chi connectivity index (χ2n) is 5.74. The van der Waals surface area contributed by atoms with Crippen molar-refractivity contribution < 1.29 is 4.74 Å². The quantitative estimate of drug-likeness (QED) is 0.896. The summed E-state index contributed by atoms with van der Waals surface area (Å²) in [5.41, 5.74) is 1.41. The molecule has 3 nitrogen and oxygen atoms in total. The molecule has 2 saturated heterocycles. The van der Waals surface area contributed by atoms with Crippen LogP contribution in [0.15, 0.2) is 30.3 Å². The van der Waals surface area contributed by atoms with Crippen molar-refractivity contribution in [1.82, 2.24) is 10.2 Å². The molecule has 0 bridgehead atoms. The van der Waals surface area contributed by atoms with E-state index in [4.69, 9.17) is 4.74 Å². The molecule has 104 valence electrons. The second kappa shape index (κ2) is 6.51. The molecule has 2 unspecified atom stereocenters. The summed E-state index contributed by atoms with van der Waals surface area (Å²) >= 11 is 0. The van der Waals surface area contributed by atoms with Crippen molar-refractivity contribution in [1.29, 1.82) is 0 Å². The first-order valence-corrected chi connectivity index (χ1v) is 7.52. The largest absolute Gasteiger partial charge is 0.372 e. The van der Waals surface area contributed by atoms with E-state index in [0.29, 0.717) is 12.2 Å². The Morgan fingerprint density at radius 1 is 1.16 bits per heavy atom. The average molecular weight is 260 g/mol. The number of hydrogen-bond acceptors (Lipinski definition) is 3. The highest BCUT2D eigenvalue weighted by molar-refractivity contribution is 5.14. The van der Waals surface area contributed by atoms with E-state index in [-0.39, 0.29) is 0 Å². The first-order valence-electron chi connectivity index (χ1n) is 7.52. The van der Waals surface area contributed by atoms with E-state index in [1.807, 2.05) is 0 Å². The van der Waals surface area contributed by atoms with Gasteiger partial charge in [0.15, 0.2) is 0 Å². The molecule has 2 fully saturated rings. The van der Waals surface area contributed by atoms with Crippen LogP contribution in [-0.4, -0.2) is 43.3 Å². The Bertz CT molecular complexity index is 376. The van der Waals surface area contributed by atoms with Gasteiger partial charge in [-0.2, -0.15) is 0 Å². The molecular weight excluding hydrogens is 236 g/mol. The Labute approximate surface area is 115 Å². The van der Waals surface area contributed by atoms with Gasteiger partial charge in [-0.05, 0) is 37.9 Å². The van der Waals surface area contributed by atoms with Gasteiger partial charge in [0.05, 0.1) is 12.2 Å². The molecule has 0 amide bonds. The normalized spacial score (nSPS) is 28.6. The highest BCUT2D eigenvalue weighted by Crippen LogP contribution is 2.18. The van der Waals surface area contributed by atoms with E-state index in [0.717, 1.165) is 26.2 Å². The summed E-state index contributed by atoms with van der Waals surface area (Å²) in [6.07, 6.45) is 4.54. The number of ether oxygens (including phenoxy) is 1. The van der Waals surface area contributed by atoms with Crippen molar-refractivity contribution in [2.45, 2.75) is 38.0 Å². The number of nitrogens with zero attached hydrogens (tertiary/aromatic N) is 1. The molecule has 3 rings (SSSR count). The van der Waals surface area contributed by atoms with Crippen LogP contribution in [0.1, 0.15) is 24.8 Å². The first kappa shape index (κ1) is 13.1. The molecule has 0 aromatic heterocycles. The van der Waals surface area contributed by atoms with Crippen LogP contribution < -0.4 is 5.32 Å². The number of benzene rings is 1. The van der Waals surface area contributed by atoms with E-state index in [2.05, 4.69) is 40.5 Å². The van der Waals surface area contributed by atoms with Gasteiger partial charge in [-0.1, -0.05) is 30.3 Å². The van der Waals surface area contributed by atoms with Crippen LogP contribution in [0.4, 0.5) is 0 Å². The molecule has 2 aliphatic rings. The summed E-state index contributed by atoms with van der Waals surface area (Å²) in [5.74, 6) is 0. The molecule has 0 saturated carbocycles. The molecule has 0 spiro atoms. The van der Waals surface area contributed by atoms with Crippen molar-refractivity contribution in [3.8, 4) is 0 Å². The molecule has 1 aromatic carbocycles. The minimum absolute atomic E-state index is 0.433. The van der Waals surface area contributed by atoms with Gasteiger partial charge in [-0.25, -0.2) is 0 Å². The fourth-order valence-corrected chi connectivity index (χ4v) is 3.13. The van der Waals surface area contributed by atoms with Gasteiger partial charge in [0, 0.05) is 19.6 Å². The highest BCUT2D eigenvalue weighted by atomic mass is 16.5. The van der Waals surface area contributed by atoms with Crippen LogP contribution in [0.3, 0.4) is 0 Å². The number of hydrogen-bond donors (Lipinski definition) is 1. The molecule has 0 aliphatic carbocycles. The minimum atomic E-state index is 0.433. The van der Waals surface area contributed by atoms with Gasteiger partial charge in [-0.15, -0.1) is 0 Å². The summed E-state index contributed by atoms with van der Waals surface area (Å²) in [6, 6.07) is 10.8. The number of nitrogens with one attached hydrogen (secondary N) is 1. The molecule has 2 atom stereocenters. The van der Waals surface area contributed by atoms with Crippen LogP contribution in [0, 0.1) is 0 Å². The lowest BCUT2D eigenvalue weighted by Gasteiger charge is -2.34. The van der Waals surface area contributed by atoms with Gasteiger partial charge in [0.1, 0.15) is 0 Å². The zero-order valence-corrected chi connectivity index (χ0v) is 11.6. The van der Waals surface area contributed by atoms with E-state index < -0.39 is 0 Å². The number of rotatable bonds is 4. The Hall–Kier alpha value is -0.900. The standard InChI is InChI=1S/C16H24N2O/c1-2-5-14(6-3-1)12-18-10-4-7-16(13-18)19-15-8-9-17-11-15/h1-3,5-6,15-17H,4,7-13H2. The van der Waals surface area contributed by atoms with Crippen LogP contribution in [0.25, 0.3) is 0 Å². The predicted molar refractivity (Wildman–Crippen MR) is 77.1 cm³/mol. The molecule has 1 aromatic rings. The monoisotopic (exact) mass is 260 g/mol. The van der Waals surface area contributed by atoms with Gasteiger partial charge in [0.25, 0.3) is 0 Å². The molecule has 3 heteroatoms. The van der Waals surface area contributed by atoms with Crippen molar-refractivity contribution >= 4 is 0 Å². The van der Waals surface area contributed by atoms with Crippen molar-refractivity contribution in [3.63, 3.8) is 0 Å². The third-order valence-electron chi connectivity index (χ3n) is 4.11. The summed E-state index contributed by atoms with van der Waals surface area (Å²) in [4.78, 5) is 2.53. The molecule has 2 aliphatic heterocycles. The Morgan fingerprint density at radius 2 is 2.05 bits per heavy atom.